The van der Waals surface area contributed by atoms with Gasteiger partial charge in [-0.3, -0.25) is 9.80 Å². The van der Waals surface area contributed by atoms with Crippen molar-refractivity contribution in [1.82, 2.24) is 10.2 Å². The van der Waals surface area contributed by atoms with Crippen molar-refractivity contribution in [3.8, 4) is 0 Å². The van der Waals surface area contributed by atoms with Gasteiger partial charge in [0.05, 0.1) is 17.8 Å². The van der Waals surface area contributed by atoms with Crippen LogP contribution in [0.3, 0.4) is 0 Å². The molecule has 1 aliphatic heterocycles. The van der Waals surface area contributed by atoms with Crippen molar-refractivity contribution in [3.63, 3.8) is 0 Å². The highest BCUT2D eigenvalue weighted by molar-refractivity contribution is 7.89. The zero-order chi connectivity index (χ0) is 23.1. The summed E-state index contributed by atoms with van der Waals surface area (Å²) in [4.78, 5) is 16.8. The SMILES string of the molecule is CN(C)[C@]1(c2cccc(F)c2)CC[C@]2(CC1)CN(c1ccccc1CS(C)(=O)=O)C(=O)N2. The van der Waals surface area contributed by atoms with Gasteiger partial charge in [0.25, 0.3) is 0 Å². The number of para-hydroxylation sites is 1. The Labute approximate surface area is 189 Å². The molecule has 0 unspecified atom stereocenters. The maximum absolute atomic E-state index is 14.0. The van der Waals surface area contributed by atoms with Gasteiger partial charge in [0.1, 0.15) is 5.82 Å². The van der Waals surface area contributed by atoms with Crippen LogP contribution in [0, 0.1) is 5.82 Å². The van der Waals surface area contributed by atoms with Crippen molar-refractivity contribution in [3.05, 3.63) is 65.5 Å². The highest BCUT2D eigenvalue weighted by atomic mass is 32.2. The molecule has 6 nitrogen and oxygen atoms in total. The number of nitrogens with zero attached hydrogens (tertiary/aromatic N) is 2. The van der Waals surface area contributed by atoms with Crippen molar-refractivity contribution < 1.29 is 17.6 Å². The van der Waals surface area contributed by atoms with Crippen LogP contribution in [0.2, 0.25) is 0 Å². The summed E-state index contributed by atoms with van der Waals surface area (Å²) in [5.41, 5.74) is 1.54. The van der Waals surface area contributed by atoms with Crippen LogP contribution in [-0.4, -0.2) is 51.8 Å². The van der Waals surface area contributed by atoms with Crippen molar-refractivity contribution >= 4 is 21.6 Å². The normalized spacial score (nSPS) is 26.0. The number of carbonyl (C=O) groups is 1. The molecule has 1 aliphatic carbocycles. The molecule has 4 rings (SSSR count). The predicted octanol–water partition coefficient (Wildman–Crippen LogP) is 3.67. The van der Waals surface area contributed by atoms with Crippen molar-refractivity contribution in [2.24, 2.45) is 0 Å². The van der Waals surface area contributed by atoms with E-state index in [1.165, 1.54) is 12.3 Å². The van der Waals surface area contributed by atoms with E-state index in [9.17, 15) is 17.6 Å². The quantitative estimate of drug-likeness (QED) is 0.741. The van der Waals surface area contributed by atoms with Gasteiger partial charge in [-0.05, 0) is 69.1 Å². The number of benzene rings is 2. The minimum atomic E-state index is -3.23. The summed E-state index contributed by atoms with van der Waals surface area (Å²) in [6.45, 7) is 0.485. The number of hydrogen-bond acceptors (Lipinski definition) is 4. The molecule has 1 heterocycles. The zero-order valence-corrected chi connectivity index (χ0v) is 19.6. The lowest BCUT2D eigenvalue weighted by molar-refractivity contribution is 0.0655. The molecule has 0 radical (unpaired) electrons. The Morgan fingerprint density at radius 3 is 2.38 bits per heavy atom. The molecular formula is C24H30FN3O3S. The maximum Gasteiger partial charge on any atom is 0.322 e. The molecule has 1 N–H and O–H groups in total. The number of nitrogens with one attached hydrogen (secondary N) is 1. The van der Waals surface area contributed by atoms with E-state index in [-0.39, 0.29) is 28.7 Å². The average Bonchev–Trinajstić information content (AvgIpc) is 3.03. The van der Waals surface area contributed by atoms with Crippen LogP contribution < -0.4 is 10.2 Å². The van der Waals surface area contributed by atoms with Gasteiger partial charge < -0.3 is 5.32 Å². The Morgan fingerprint density at radius 2 is 1.75 bits per heavy atom. The van der Waals surface area contributed by atoms with Gasteiger partial charge in [0, 0.05) is 17.5 Å². The summed E-state index contributed by atoms with van der Waals surface area (Å²) in [5.74, 6) is -0.352. The molecular weight excluding hydrogens is 429 g/mol. The minimum absolute atomic E-state index is 0.108. The third kappa shape index (κ3) is 4.26. The molecule has 2 aromatic rings. The van der Waals surface area contributed by atoms with E-state index in [4.69, 9.17) is 0 Å². The first-order valence-corrected chi connectivity index (χ1v) is 12.9. The predicted molar refractivity (Wildman–Crippen MR) is 124 cm³/mol. The largest absolute Gasteiger partial charge is 0.330 e. The van der Waals surface area contributed by atoms with E-state index in [1.54, 1.807) is 35.2 Å². The topological polar surface area (TPSA) is 69.7 Å². The molecule has 0 aromatic heterocycles. The number of anilines is 1. The molecule has 2 amide bonds. The zero-order valence-electron chi connectivity index (χ0n) is 18.8. The van der Waals surface area contributed by atoms with E-state index in [0.717, 1.165) is 31.2 Å². The van der Waals surface area contributed by atoms with Crippen molar-refractivity contribution in [1.29, 1.82) is 0 Å². The smallest absolute Gasteiger partial charge is 0.322 e. The number of amides is 2. The summed E-state index contributed by atoms with van der Waals surface area (Å²) in [6.07, 6.45) is 4.26. The molecule has 1 spiro atoms. The Kier molecular flexibility index (Phi) is 5.79. The molecule has 32 heavy (non-hydrogen) atoms. The monoisotopic (exact) mass is 459 g/mol. The van der Waals surface area contributed by atoms with Gasteiger partial charge in [0.15, 0.2) is 9.84 Å². The van der Waals surface area contributed by atoms with Gasteiger partial charge >= 0.3 is 6.03 Å². The highest BCUT2D eigenvalue weighted by Crippen LogP contribution is 2.46. The molecule has 0 atom stereocenters. The number of rotatable bonds is 5. The fraction of sp³-hybridized carbons (Fsp3) is 0.458. The Hall–Kier alpha value is -2.45. The van der Waals surface area contributed by atoms with Crippen molar-refractivity contribution in [2.45, 2.75) is 42.5 Å². The average molecular weight is 460 g/mol. The molecule has 2 aliphatic rings. The number of urea groups is 1. The minimum Gasteiger partial charge on any atom is -0.330 e. The van der Waals surface area contributed by atoms with Crippen LogP contribution in [0.1, 0.15) is 36.8 Å². The molecule has 1 saturated heterocycles. The third-order valence-electron chi connectivity index (χ3n) is 7.03. The second-order valence-electron chi connectivity index (χ2n) is 9.43. The van der Waals surface area contributed by atoms with Gasteiger partial charge in [-0.15, -0.1) is 0 Å². The number of carbonyl (C=O) groups excluding carboxylic acids is 1. The summed E-state index contributed by atoms with van der Waals surface area (Å²) in [7, 11) is 0.802. The van der Waals surface area contributed by atoms with Gasteiger partial charge in [-0.1, -0.05) is 30.3 Å². The van der Waals surface area contributed by atoms with E-state index in [0.29, 0.717) is 17.8 Å². The number of halogens is 1. The Balaban J connectivity index is 1.58. The molecule has 8 heteroatoms. The van der Waals surface area contributed by atoms with Crippen LogP contribution in [0.4, 0.5) is 14.9 Å². The van der Waals surface area contributed by atoms with Crippen LogP contribution in [0.15, 0.2) is 48.5 Å². The number of hydrogen-bond donors (Lipinski definition) is 1. The van der Waals surface area contributed by atoms with Crippen LogP contribution in [0.5, 0.6) is 0 Å². The van der Waals surface area contributed by atoms with Gasteiger partial charge in [-0.2, -0.15) is 0 Å². The molecule has 2 aromatic carbocycles. The first kappa shape index (κ1) is 22.7. The van der Waals surface area contributed by atoms with E-state index in [1.807, 2.05) is 26.2 Å². The lowest BCUT2D eigenvalue weighted by atomic mass is 9.69. The molecule has 0 bridgehead atoms. The first-order chi connectivity index (χ1) is 15.0. The molecule has 2 fully saturated rings. The highest BCUT2D eigenvalue weighted by Gasteiger charge is 2.50. The third-order valence-corrected chi connectivity index (χ3v) is 7.87. The summed E-state index contributed by atoms with van der Waals surface area (Å²) in [6, 6.07) is 13.8. The van der Waals surface area contributed by atoms with Gasteiger partial charge in [-0.25, -0.2) is 17.6 Å². The molecule has 1 saturated carbocycles. The lowest BCUT2D eigenvalue weighted by Gasteiger charge is -2.48. The first-order valence-electron chi connectivity index (χ1n) is 10.8. The fourth-order valence-electron chi connectivity index (χ4n) is 5.28. The summed E-state index contributed by atoms with van der Waals surface area (Å²) >= 11 is 0. The molecule has 172 valence electrons. The Morgan fingerprint density at radius 1 is 1.06 bits per heavy atom. The Bertz CT molecular complexity index is 1120. The number of sulfone groups is 1. The van der Waals surface area contributed by atoms with E-state index < -0.39 is 9.84 Å². The van der Waals surface area contributed by atoms with Gasteiger partial charge in [0.2, 0.25) is 0 Å². The second-order valence-corrected chi connectivity index (χ2v) is 11.6. The maximum atomic E-state index is 14.0. The van der Waals surface area contributed by atoms with Crippen LogP contribution in [0.25, 0.3) is 0 Å². The van der Waals surface area contributed by atoms with E-state index >= 15 is 0 Å². The summed E-state index contributed by atoms with van der Waals surface area (Å²) in [5, 5.41) is 3.19. The second kappa shape index (κ2) is 8.15. The lowest BCUT2D eigenvalue weighted by Crippen LogP contribution is -2.54. The van der Waals surface area contributed by atoms with E-state index in [2.05, 4.69) is 10.2 Å². The van der Waals surface area contributed by atoms with Crippen LogP contribution >= 0.6 is 0 Å². The summed E-state index contributed by atoms with van der Waals surface area (Å²) < 4.78 is 37.7. The standard InChI is InChI=1S/C24H30FN3O3S/c1-27(2)24(19-8-6-9-20(25)15-19)13-11-23(12-14-24)17-28(22(29)26-23)21-10-5-4-7-18(21)16-32(3,30)31/h4-10,15H,11-14,16-17H2,1-3H3,(H,26,29)/t23-,24+. The van der Waals surface area contributed by atoms with Crippen LogP contribution in [-0.2, 0) is 21.1 Å². The fourth-order valence-corrected chi connectivity index (χ4v) is 6.09. The van der Waals surface area contributed by atoms with Crippen molar-refractivity contribution in [2.75, 3.05) is 31.8 Å².